The fraction of sp³-hybridized carbons (Fsp3) is 0.158. The van der Waals surface area contributed by atoms with Gasteiger partial charge in [-0.25, -0.2) is 0 Å². The number of allylic oxidation sites excluding steroid dienone is 3. The molecule has 0 bridgehead atoms. The minimum atomic E-state index is -4.24. The maximum atomic E-state index is 11.9. The van der Waals surface area contributed by atoms with Crippen molar-refractivity contribution in [3.8, 4) is 5.75 Å². The van der Waals surface area contributed by atoms with Gasteiger partial charge >= 0.3 is 6.18 Å². The van der Waals surface area contributed by atoms with Crippen LogP contribution in [0.3, 0.4) is 0 Å². The van der Waals surface area contributed by atoms with Gasteiger partial charge in [0.1, 0.15) is 12.4 Å². The SMILES string of the molecule is FC(F)(F)C=CCC=Cc1ccc(OCc2ccccc2)cc1. The zero-order valence-corrected chi connectivity index (χ0v) is 12.5. The van der Waals surface area contributed by atoms with E-state index in [4.69, 9.17) is 4.74 Å². The van der Waals surface area contributed by atoms with E-state index in [1.807, 2.05) is 54.6 Å². The molecule has 0 aliphatic heterocycles. The van der Waals surface area contributed by atoms with E-state index in [0.717, 1.165) is 23.0 Å². The lowest BCUT2D eigenvalue weighted by molar-refractivity contribution is -0.0799. The molecule has 0 amide bonds. The van der Waals surface area contributed by atoms with Crippen LogP contribution in [0.1, 0.15) is 17.5 Å². The molecule has 0 spiro atoms. The Labute approximate surface area is 133 Å². The summed E-state index contributed by atoms with van der Waals surface area (Å²) in [6.07, 6.45) is 0.798. The van der Waals surface area contributed by atoms with Crippen molar-refractivity contribution in [2.45, 2.75) is 19.2 Å². The maximum absolute atomic E-state index is 11.9. The van der Waals surface area contributed by atoms with Crippen molar-refractivity contribution in [1.29, 1.82) is 0 Å². The first kappa shape index (κ1) is 16.9. The van der Waals surface area contributed by atoms with Gasteiger partial charge in [-0.2, -0.15) is 13.2 Å². The maximum Gasteiger partial charge on any atom is 0.409 e. The lowest BCUT2D eigenvalue weighted by Crippen LogP contribution is -1.99. The molecule has 2 aromatic carbocycles. The van der Waals surface area contributed by atoms with E-state index < -0.39 is 6.18 Å². The molecule has 4 heteroatoms. The van der Waals surface area contributed by atoms with Gasteiger partial charge in [0.05, 0.1) is 0 Å². The molecule has 0 atom stereocenters. The van der Waals surface area contributed by atoms with Gasteiger partial charge in [-0.05, 0) is 29.7 Å². The molecule has 0 saturated heterocycles. The predicted octanol–water partition coefficient (Wildman–Crippen LogP) is 5.79. The van der Waals surface area contributed by atoms with Crippen LogP contribution in [0, 0.1) is 0 Å². The highest BCUT2D eigenvalue weighted by atomic mass is 19.4. The smallest absolute Gasteiger partial charge is 0.409 e. The van der Waals surface area contributed by atoms with Crippen LogP contribution in [0.5, 0.6) is 5.75 Å². The summed E-state index contributed by atoms with van der Waals surface area (Å²) >= 11 is 0. The van der Waals surface area contributed by atoms with Crippen LogP contribution in [0.25, 0.3) is 6.08 Å². The summed E-state index contributed by atoms with van der Waals surface area (Å²) in [5.41, 5.74) is 2.00. The highest BCUT2D eigenvalue weighted by Crippen LogP contribution is 2.17. The van der Waals surface area contributed by atoms with Crippen molar-refractivity contribution in [3.63, 3.8) is 0 Å². The Balaban J connectivity index is 1.81. The molecule has 0 aliphatic carbocycles. The summed E-state index contributed by atoms with van der Waals surface area (Å²) in [6.45, 7) is 0.498. The zero-order valence-electron chi connectivity index (χ0n) is 12.5. The third kappa shape index (κ3) is 6.87. The molecule has 1 nitrogen and oxygen atoms in total. The Morgan fingerprint density at radius 3 is 2.22 bits per heavy atom. The highest BCUT2D eigenvalue weighted by molar-refractivity contribution is 5.50. The van der Waals surface area contributed by atoms with Crippen LogP contribution in [0.4, 0.5) is 13.2 Å². The van der Waals surface area contributed by atoms with Gasteiger partial charge in [-0.3, -0.25) is 0 Å². The Kier molecular flexibility index (Phi) is 6.03. The standard InChI is InChI=1S/C19H17F3O/c20-19(21,22)14-6-2-5-7-16-10-12-18(13-11-16)23-15-17-8-3-1-4-9-17/h1,3-14H,2,15H2. The number of hydrogen-bond acceptors (Lipinski definition) is 1. The topological polar surface area (TPSA) is 9.23 Å². The molecule has 0 aliphatic rings. The molecule has 0 fully saturated rings. The lowest BCUT2D eigenvalue weighted by Gasteiger charge is -2.06. The summed E-state index contributed by atoms with van der Waals surface area (Å²) in [5, 5.41) is 0. The first-order valence-corrected chi connectivity index (χ1v) is 7.21. The van der Waals surface area contributed by atoms with Gasteiger partial charge in [-0.15, -0.1) is 0 Å². The van der Waals surface area contributed by atoms with E-state index >= 15 is 0 Å². The molecule has 0 heterocycles. The van der Waals surface area contributed by atoms with Crippen LogP contribution in [-0.4, -0.2) is 6.18 Å². The molecule has 0 aromatic heterocycles. The van der Waals surface area contributed by atoms with Gasteiger partial charge in [0.2, 0.25) is 0 Å². The quantitative estimate of drug-likeness (QED) is 0.613. The normalized spacial score (nSPS) is 12.1. The molecule has 23 heavy (non-hydrogen) atoms. The van der Waals surface area contributed by atoms with Crippen LogP contribution >= 0.6 is 0 Å². The Morgan fingerprint density at radius 2 is 1.57 bits per heavy atom. The molecular formula is C19H17F3O. The first-order valence-electron chi connectivity index (χ1n) is 7.21. The van der Waals surface area contributed by atoms with Crippen molar-refractivity contribution < 1.29 is 17.9 Å². The van der Waals surface area contributed by atoms with Crippen LogP contribution in [0.15, 0.2) is 72.8 Å². The number of alkyl halides is 3. The summed E-state index contributed by atoms with van der Waals surface area (Å²) in [4.78, 5) is 0. The summed E-state index contributed by atoms with van der Waals surface area (Å²) in [5.74, 6) is 0.753. The van der Waals surface area contributed by atoms with Crippen molar-refractivity contribution in [2.75, 3.05) is 0 Å². The van der Waals surface area contributed by atoms with E-state index in [-0.39, 0.29) is 12.5 Å². The van der Waals surface area contributed by atoms with Gasteiger partial charge in [0.25, 0.3) is 0 Å². The third-order valence-corrected chi connectivity index (χ3v) is 3.02. The molecule has 0 radical (unpaired) electrons. The van der Waals surface area contributed by atoms with E-state index in [1.165, 1.54) is 0 Å². The molecule has 2 rings (SSSR count). The van der Waals surface area contributed by atoms with Crippen molar-refractivity contribution in [2.24, 2.45) is 0 Å². The molecular weight excluding hydrogens is 301 g/mol. The minimum Gasteiger partial charge on any atom is -0.489 e. The second-order valence-corrected chi connectivity index (χ2v) is 4.93. The average molecular weight is 318 g/mol. The van der Waals surface area contributed by atoms with Gasteiger partial charge in [0.15, 0.2) is 0 Å². The van der Waals surface area contributed by atoms with Crippen LogP contribution < -0.4 is 4.74 Å². The lowest BCUT2D eigenvalue weighted by atomic mass is 10.2. The van der Waals surface area contributed by atoms with Gasteiger partial charge in [-0.1, -0.05) is 60.7 Å². The molecule has 0 N–H and O–H groups in total. The van der Waals surface area contributed by atoms with E-state index in [0.29, 0.717) is 6.61 Å². The monoisotopic (exact) mass is 318 g/mol. The largest absolute Gasteiger partial charge is 0.489 e. The minimum absolute atomic E-state index is 0.242. The molecule has 2 aromatic rings. The van der Waals surface area contributed by atoms with E-state index in [1.54, 1.807) is 12.2 Å². The Hall–Kier alpha value is -2.49. The summed E-state index contributed by atoms with van der Waals surface area (Å²) in [6, 6.07) is 17.3. The number of hydrogen-bond donors (Lipinski definition) is 0. The average Bonchev–Trinajstić information content (AvgIpc) is 2.54. The van der Waals surface area contributed by atoms with Crippen molar-refractivity contribution >= 4 is 6.08 Å². The van der Waals surface area contributed by atoms with E-state index in [9.17, 15) is 13.2 Å². The number of halogens is 3. The molecule has 0 saturated carbocycles. The third-order valence-electron chi connectivity index (χ3n) is 3.02. The summed E-state index contributed by atoms with van der Waals surface area (Å²) < 4.78 is 41.4. The zero-order chi connectivity index (χ0) is 16.5. The molecule has 0 unspecified atom stereocenters. The van der Waals surface area contributed by atoms with Gasteiger partial charge < -0.3 is 4.74 Å². The van der Waals surface area contributed by atoms with Crippen molar-refractivity contribution in [3.05, 3.63) is 84.0 Å². The molecule has 120 valence electrons. The second-order valence-electron chi connectivity index (χ2n) is 4.93. The highest BCUT2D eigenvalue weighted by Gasteiger charge is 2.21. The van der Waals surface area contributed by atoms with E-state index in [2.05, 4.69) is 0 Å². The van der Waals surface area contributed by atoms with Crippen molar-refractivity contribution in [1.82, 2.24) is 0 Å². The predicted molar refractivity (Wildman–Crippen MR) is 86.1 cm³/mol. The number of ether oxygens (including phenoxy) is 1. The number of rotatable bonds is 6. The van der Waals surface area contributed by atoms with Gasteiger partial charge in [0, 0.05) is 6.08 Å². The fourth-order valence-electron chi connectivity index (χ4n) is 1.90. The number of benzene rings is 2. The Morgan fingerprint density at radius 1 is 0.870 bits per heavy atom. The Bertz CT molecular complexity index is 641. The fourth-order valence-corrected chi connectivity index (χ4v) is 1.90. The summed E-state index contributed by atoms with van der Waals surface area (Å²) in [7, 11) is 0. The van der Waals surface area contributed by atoms with Crippen LogP contribution in [-0.2, 0) is 6.61 Å². The van der Waals surface area contributed by atoms with Crippen LogP contribution in [0.2, 0.25) is 0 Å². The second kappa shape index (κ2) is 8.22. The first-order chi connectivity index (χ1) is 11.0.